The van der Waals surface area contributed by atoms with E-state index in [4.69, 9.17) is 0 Å². The van der Waals surface area contributed by atoms with Gasteiger partial charge in [-0.15, -0.1) is 0 Å². The topological polar surface area (TPSA) is 64.7 Å². The number of rotatable bonds is 0. The van der Waals surface area contributed by atoms with Crippen molar-refractivity contribution in [2.45, 2.75) is 33.6 Å². The van der Waals surface area contributed by atoms with Crippen LogP contribution in [0, 0.1) is 45.3 Å². The first-order valence-electron chi connectivity index (χ1n) is 7.99. The average Bonchev–Trinajstić information content (AvgIpc) is 2.52. The van der Waals surface area contributed by atoms with Crippen LogP contribution in [0.1, 0.15) is 33.6 Å². The van der Waals surface area contributed by atoms with Gasteiger partial charge in [-0.05, 0) is 29.9 Å². The van der Waals surface area contributed by atoms with Crippen LogP contribution in [0.4, 0.5) is 0 Å². The summed E-state index contributed by atoms with van der Waals surface area (Å²) in [6, 6.07) is 4.30. The molecule has 0 aliphatic heterocycles. The van der Waals surface area contributed by atoms with Crippen molar-refractivity contribution in [3.63, 3.8) is 0 Å². The molecule has 0 radical (unpaired) electrons. The van der Waals surface area contributed by atoms with Crippen LogP contribution in [-0.4, -0.2) is 5.78 Å². The van der Waals surface area contributed by atoms with E-state index in [2.05, 4.69) is 32.6 Å². The van der Waals surface area contributed by atoms with E-state index in [9.17, 15) is 15.3 Å². The zero-order chi connectivity index (χ0) is 17.0. The molecule has 0 aromatic heterocycles. The van der Waals surface area contributed by atoms with Crippen LogP contribution in [-0.2, 0) is 4.79 Å². The number of carbonyl (C=O) groups excluding carboxylic acids is 1. The Morgan fingerprint density at radius 2 is 1.87 bits per heavy atom. The number of nitrogens with zero attached hydrogens (tertiary/aromatic N) is 2. The van der Waals surface area contributed by atoms with Crippen molar-refractivity contribution in [3.8, 4) is 12.1 Å². The molecule has 3 aliphatic rings. The standard InChI is InChI=1S/C20H20N2O/c1-12-7-17-19(3,8-14(12)10-21)6-5-16-13(2)18(23)15(11-22)9-20(16,17)4/h7-9,13,16H,1,5-6H2,2-4H3/t13?,16?,19-,20-/m0/s1. The van der Waals surface area contributed by atoms with Crippen molar-refractivity contribution >= 4 is 5.78 Å². The number of nitriles is 2. The van der Waals surface area contributed by atoms with E-state index in [-0.39, 0.29) is 34.0 Å². The molecule has 0 bridgehead atoms. The van der Waals surface area contributed by atoms with Gasteiger partial charge < -0.3 is 0 Å². The second kappa shape index (κ2) is 4.80. The average molecular weight is 304 g/mol. The van der Waals surface area contributed by atoms with Gasteiger partial charge in [0.2, 0.25) is 0 Å². The van der Waals surface area contributed by atoms with E-state index in [0.29, 0.717) is 5.57 Å². The maximum absolute atomic E-state index is 12.4. The summed E-state index contributed by atoms with van der Waals surface area (Å²) in [5.41, 5.74) is 2.24. The minimum Gasteiger partial charge on any atom is -0.293 e. The number of fused-ring (bicyclic) bond motifs is 3. The zero-order valence-corrected chi connectivity index (χ0v) is 13.8. The molecule has 0 N–H and O–H groups in total. The van der Waals surface area contributed by atoms with E-state index >= 15 is 0 Å². The fourth-order valence-corrected chi connectivity index (χ4v) is 4.78. The van der Waals surface area contributed by atoms with Crippen LogP contribution in [0.5, 0.6) is 0 Å². The monoisotopic (exact) mass is 304 g/mol. The maximum atomic E-state index is 12.4. The molecule has 3 aliphatic carbocycles. The van der Waals surface area contributed by atoms with Gasteiger partial charge in [-0.2, -0.15) is 10.5 Å². The van der Waals surface area contributed by atoms with E-state index in [0.717, 1.165) is 18.4 Å². The quantitative estimate of drug-likeness (QED) is 0.679. The summed E-state index contributed by atoms with van der Waals surface area (Å²) < 4.78 is 0. The number of allylic oxidation sites excluding steroid dienone is 7. The van der Waals surface area contributed by atoms with Crippen LogP contribution in [0.3, 0.4) is 0 Å². The Kier molecular flexibility index (Phi) is 3.24. The van der Waals surface area contributed by atoms with Crippen LogP contribution in [0.15, 0.2) is 47.1 Å². The number of Topliss-reactive ketones (excluding diaryl/α,β-unsaturated/α-hetero) is 1. The fourth-order valence-electron chi connectivity index (χ4n) is 4.78. The lowest BCUT2D eigenvalue weighted by Gasteiger charge is -2.54. The second-order valence-corrected chi connectivity index (χ2v) is 7.42. The smallest absolute Gasteiger partial charge is 0.176 e. The van der Waals surface area contributed by atoms with Crippen molar-refractivity contribution in [3.05, 3.63) is 47.1 Å². The lowest BCUT2D eigenvalue weighted by Crippen LogP contribution is -2.48. The van der Waals surface area contributed by atoms with Gasteiger partial charge in [0, 0.05) is 16.7 Å². The molecular formula is C20H20N2O. The van der Waals surface area contributed by atoms with E-state index in [1.165, 1.54) is 5.57 Å². The zero-order valence-electron chi connectivity index (χ0n) is 13.8. The van der Waals surface area contributed by atoms with Crippen LogP contribution >= 0.6 is 0 Å². The highest BCUT2D eigenvalue weighted by molar-refractivity contribution is 6.02. The molecule has 3 nitrogen and oxygen atoms in total. The maximum Gasteiger partial charge on any atom is 0.176 e. The molecule has 1 saturated carbocycles. The van der Waals surface area contributed by atoms with Crippen molar-refractivity contribution < 1.29 is 4.79 Å². The summed E-state index contributed by atoms with van der Waals surface area (Å²) in [7, 11) is 0. The molecule has 1 fully saturated rings. The van der Waals surface area contributed by atoms with Gasteiger partial charge in [-0.25, -0.2) is 0 Å². The van der Waals surface area contributed by atoms with Gasteiger partial charge in [0.1, 0.15) is 6.07 Å². The van der Waals surface area contributed by atoms with Crippen molar-refractivity contribution in [1.29, 1.82) is 10.5 Å². The van der Waals surface area contributed by atoms with Gasteiger partial charge in [-0.3, -0.25) is 4.79 Å². The SMILES string of the molecule is C=C1C=C2[C@](C)(C=C1C#N)CCC1C(C)C(=O)C(C#N)=C[C@]21C. The summed E-state index contributed by atoms with van der Waals surface area (Å²) in [6.07, 6.45) is 7.71. The third-order valence-corrected chi connectivity index (χ3v) is 6.04. The molecule has 3 heteroatoms. The molecule has 3 rings (SSSR count). The lowest BCUT2D eigenvalue weighted by molar-refractivity contribution is -0.122. The molecular weight excluding hydrogens is 284 g/mol. The van der Waals surface area contributed by atoms with Crippen molar-refractivity contribution in [2.24, 2.45) is 22.7 Å². The highest BCUT2D eigenvalue weighted by Crippen LogP contribution is 2.61. The minimum absolute atomic E-state index is 0.0397. The van der Waals surface area contributed by atoms with Gasteiger partial charge >= 0.3 is 0 Å². The Hall–Kier alpha value is -2.39. The Labute approximate surface area is 137 Å². The van der Waals surface area contributed by atoms with E-state index in [1.807, 2.05) is 25.2 Å². The minimum atomic E-state index is -0.341. The third kappa shape index (κ3) is 1.97. The summed E-state index contributed by atoms with van der Waals surface area (Å²) in [5, 5.41) is 18.7. The van der Waals surface area contributed by atoms with E-state index < -0.39 is 0 Å². The highest BCUT2D eigenvalue weighted by atomic mass is 16.1. The molecule has 23 heavy (non-hydrogen) atoms. The first-order valence-corrected chi connectivity index (χ1v) is 7.99. The van der Waals surface area contributed by atoms with Gasteiger partial charge in [0.15, 0.2) is 5.78 Å². The van der Waals surface area contributed by atoms with Crippen molar-refractivity contribution in [2.75, 3.05) is 0 Å². The molecule has 0 heterocycles. The third-order valence-electron chi connectivity index (χ3n) is 6.04. The second-order valence-electron chi connectivity index (χ2n) is 7.42. The number of ketones is 1. The predicted octanol–water partition coefficient (Wildman–Crippen LogP) is 4.02. The Bertz CT molecular complexity index is 798. The fraction of sp³-hybridized carbons (Fsp3) is 0.450. The lowest BCUT2D eigenvalue weighted by atomic mass is 9.49. The molecule has 0 amide bonds. The van der Waals surface area contributed by atoms with Crippen molar-refractivity contribution in [1.82, 2.24) is 0 Å². The molecule has 0 aromatic rings. The first-order chi connectivity index (χ1) is 10.8. The number of carbonyl (C=O) groups is 1. The predicted molar refractivity (Wildman–Crippen MR) is 87.7 cm³/mol. The van der Waals surface area contributed by atoms with Gasteiger partial charge in [0.25, 0.3) is 0 Å². The largest absolute Gasteiger partial charge is 0.293 e. The molecule has 0 saturated heterocycles. The van der Waals surface area contributed by atoms with Crippen LogP contribution in [0.2, 0.25) is 0 Å². The first kappa shape index (κ1) is 15.5. The molecule has 2 unspecified atom stereocenters. The molecule has 4 atom stereocenters. The Balaban J connectivity index is 2.22. The van der Waals surface area contributed by atoms with E-state index in [1.54, 1.807) is 0 Å². The van der Waals surface area contributed by atoms with Gasteiger partial charge in [0.05, 0.1) is 17.2 Å². The Morgan fingerprint density at radius 1 is 1.22 bits per heavy atom. The summed E-state index contributed by atoms with van der Waals surface area (Å²) in [5.74, 6) is -0.00182. The normalized spacial score (nSPS) is 39.1. The molecule has 0 aromatic carbocycles. The van der Waals surface area contributed by atoms with Crippen LogP contribution in [0.25, 0.3) is 0 Å². The number of hydrogen-bond acceptors (Lipinski definition) is 3. The Morgan fingerprint density at radius 3 is 2.48 bits per heavy atom. The van der Waals surface area contributed by atoms with Gasteiger partial charge in [-0.1, -0.05) is 45.6 Å². The summed E-state index contributed by atoms with van der Waals surface area (Å²) in [6.45, 7) is 10.2. The van der Waals surface area contributed by atoms with Crippen LogP contribution < -0.4 is 0 Å². The summed E-state index contributed by atoms with van der Waals surface area (Å²) in [4.78, 5) is 12.4. The highest BCUT2D eigenvalue weighted by Gasteiger charge is 2.54. The molecule has 0 spiro atoms. The number of hydrogen-bond donors (Lipinski definition) is 0. The molecule has 116 valence electrons. The summed E-state index contributed by atoms with van der Waals surface area (Å²) >= 11 is 0.